The fourth-order valence-electron chi connectivity index (χ4n) is 5.25. The van der Waals surface area contributed by atoms with E-state index in [-0.39, 0.29) is 31.2 Å². The molecule has 1 aromatic heterocycles. The molecule has 1 aromatic carbocycles. The summed E-state index contributed by atoms with van der Waals surface area (Å²) >= 11 is 0. The highest BCUT2D eigenvalue weighted by Gasteiger charge is 2.35. The average molecular weight is 767 g/mol. The Balaban J connectivity index is 2.15. The lowest BCUT2D eigenvalue weighted by molar-refractivity contribution is -0.137. The number of phosphoric acid groups is 1. The third-order valence-electron chi connectivity index (χ3n) is 7.92. The maximum Gasteiger partial charge on any atom is 0.469 e. The number of phosphoric ester groups is 1. The number of primary amides is 1. The molecule has 0 saturated heterocycles. The number of carbonyl (C=O) groups excluding carboxylic acids is 6. The van der Waals surface area contributed by atoms with E-state index in [0.29, 0.717) is 18.7 Å². The van der Waals surface area contributed by atoms with Crippen LogP contribution in [0.15, 0.2) is 42.9 Å². The Labute approximate surface area is 307 Å². The molecule has 19 nitrogen and oxygen atoms in total. The quantitative estimate of drug-likeness (QED) is 0.0476. The maximum atomic E-state index is 13.6. The smallest absolute Gasteiger partial charge is 0.394 e. The molecule has 20 heteroatoms. The van der Waals surface area contributed by atoms with Gasteiger partial charge in [0.25, 0.3) is 0 Å². The van der Waals surface area contributed by atoms with Gasteiger partial charge in [0, 0.05) is 26.1 Å². The largest absolute Gasteiger partial charge is 0.469 e. The number of nitrogens with one attached hydrogen (secondary N) is 5. The zero-order valence-corrected chi connectivity index (χ0v) is 31.1. The molecular weight excluding hydrogens is 715 g/mol. The Bertz CT molecular complexity index is 1560. The number of benzene rings is 1. The minimum Gasteiger partial charge on any atom is -0.394 e. The Morgan fingerprint density at radius 3 is 2.09 bits per heavy atom. The second kappa shape index (κ2) is 21.8. The molecule has 0 fully saturated rings. The minimum absolute atomic E-state index is 0.0934. The van der Waals surface area contributed by atoms with Gasteiger partial charge >= 0.3 is 7.82 Å². The van der Waals surface area contributed by atoms with Crippen molar-refractivity contribution in [1.82, 2.24) is 36.1 Å². The summed E-state index contributed by atoms with van der Waals surface area (Å²) in [6, 6.07) is 3.83. The first-order valence-corrected chi connectivity index (χ1v) is 18.5. The first kappa shape index (κ1) is 44.5. The van der Waals surface area contributed by atoms with Gasteiger partial charge in [-0.25, -0.2) is 9.55 Å². The predicted octanol–water partition coefficient (Wildman–Crippen LogP) is -1.22. The van der Waals surface area contributed by atoms with E-state index in [4.69, 9.17) is 15.5 Å². The van der Waals surface area contributed by atoms with E-state index in [1.807, 2.05) is 44.2 Å². The Morgan fingerprint density at radius 2 is 1.55 bits per heavy atom. The number of aromatic nitrogens is 2. The predicted molar refractivity (Wildman–Crippen MR) is 190 cm³/mol. The van der Waals surface area contributed by atoms with Gasteiger partial charge in [0.05, 0.1) is 31.3 Å². The van der Waals surface area contributed by atoms with Crippen LogP contribution in [0.4, 0.5) is 0 Å². The van der Waals surface area contributed by atoms with Crippen molar-refractivity contribution in [3.8, 4) is 0 Å². The molecule has 6 amide bonds. The van der Waals surface area contributed by atoms with Crippen LogP contribution in [0.5, 0.6) is 0 Å². The van der Waals surface area contributed by atoms with Crippen LogP contribution in [0.25, 0.3) is 0 Å². The third-order valence-corrected chi connectivity index (χ3v) is 8.53. The molecule has 0 aliphatic rings. The van der Waals surface area contributed by atoms with Gasteiger partial charge in [0.15, 0.2) is 0 Å². The number of amides is 6. The lowest BCUT2D eigenvalue weighted by Crippen LogP contribution is -2.60. The number of aryl methyl sites for hydroxylation is 1. The molecule has 5 atom stereocenters. The Morgan fingerprint density at radius 1 is 0.925 bits per heavy atom. The second-order valence-electron chi connectivity index (χ2n) is 12.9. The molecule has 1 heterocycles. The minimum atomic E-state index is -5.09. The number of nitrogens with zero attached hydrogens (tertiary/aromatic N) is 2. The van der Waals surface area contributed by atoms with E-state index in [0.717, 1.165) is 25.3 Å². The molecule has 53 heavy (non-hydrogen) atoms. The van der Waals surface area contributed by atoms with Gasteiger partial charge in [-0.3, -0.25) is 33.3 Å². The van der Waals surface area contributed by atoms with Crippen molar-refractivity contribution < 1.29 is 52.7 Å². The first-order valence-electron chi connectivity index (χ1n) is 17.0. The summed E-state index contributed by atoms with van der Waals surface area (Å²) in [5.74, 6) is -5.08. The number of hydrogen-bond acceptors (Lipinski definition) is 10. The number of imidazole rings is 1. The fourth-order valence-corrected chi connectivity index (χ4v) is 5.81. The van der Waals surface area contributed by atoms with Crippen LogP contribution in [0.1, 0.15) is 58.2 Å². The van der Waals surface area contributed by atoms with Gasteiger partial charge in [-0.15, -0.1) is 0 Å². The van der Waals surface area contributed by atoms with Crippen LogP contribution >= 0.6 is 7.82 Å². The number of aliphatic hydroxyl groups is 1. The lowest BCUT2D eigenvalue weighted by Gasteiger charge is -2.27. The van der Waals surface area contributed by atoms with Crippen molar-refractivity contribution in [2.24, 2.45) is 11.7 Å². The Kier molecular flexibility index (Phi) is 18.3. The molecule has 0 aliphatic heterocycles. The van der Waals surface area contributed by atoms with Crippen molar-refractivity contribution in [3.05, 3.63) is 54.1 Å². The van der Waals surface area contributed by atoms with Gasteiger partial charge in [0.2, 0.25) is 35.4 Å². The van der Waals surface area contributed by atoms with Crippen LogP contribution < -0.4 is 27.0 Å². The highest BCUT2D eigenvalue weighted by atomic mass is 31.2. The monoisotopic (exact) mass is 766 g/mol. The SMILES string of the molecule is CC(=O)N(CCCCc1ccccc1)CC(=O)N[C@@H](CC(C)C)C(=O)N[C@@H](Cc1c[nH]cn1)C(=O)N[C@@H](CO)C(=O)N[C@H](C(N)=O)[C@@H](C)OP(=O)(O)O. The normalized spacial score (nSPS) is 14.3. The Hall–Kier alpha value is -4.68. The summed E-state index contributed by atoms with van der Waals surface area (Å²) in [5.41, 5.74) is 6.76. The molecule has 0 bridgehead atoms. The number of carbonyl (C=O) groups is 6. The molecule has 2 aromatic rings. The molecule has 0 spiro atoms. The summed E-state index contributed by atoms with van der Waals surface area (Å²) in [4.78, 5) is 104. The van der Waals surface area contributed by atoms with Crippen LogP contribution in [-0.4, -0.2) is 115 Å². The second-order valence-corrected chi connectivity index (χ2v) is 14.1. The first-order chi connectivity index (χ1) is 24.9. The van der Waals surface area contributed by atoms with E-state index in [9.17, 15) is 38.4 Å². The number of aliphatic hydroxyl groups excluding tert-OH is 1. The summed E-state index contributed by atoms with van der Waals surface area (Å²) in [5, 5.41) is 19.5. The third kappa shape index (κ3) is 16.7. The molecule has 0 radical (unpaired) electrons. The van der Waals surface area contributed by atoms with Gasteiger partial charge < -0.3 is 51.8 Å². The van der Waals surface area contributed by atoms with E-state index in [1.54, 1.807) is 0 Å². The lowest BCUT2D eigenvalue weighted by atomic mass is 10.0. The van der Waals surface area contributed by atoms with Crippen LogP contribution in [0.2, 0.25) is 0 Å². The summed E-state index contributed by atoms with van der Waals surface area (Å²) < 4.78 is 15.7. The molecular formula is C33H51N8O11P. The zero-order chi connectivity index (χ0) is 39.7. The van der Waals surface area contributed by atoms with E-state index in [2.05, 4.69) is 35.8 Å². The highest BCUT2D eigenvalue weighted by Crippen LogP contribution is 2.38. The van der Waals surface area contributed by atoms with E-state index in [1.165, 1.54) is 24.3 Å². The van der Waals surface area contributed by atoms with Gasteiger partial charge in [-0.1, -0.05) is 44.2 Å². The maximum absolute atomic E-state index is 13.6. The van der Waals surface area contributed by atoms with Gasteiger partial charge in [-0.2, -0.15) is 0 Å². The molecule has 10 N–H and O–H groups in total. The number of aromatic amines is 1. The summed E-state index contributed by atoms with van der Waals surface area (Å²) in [6.45, 7) is 5.11. The average Bonchev–Trinajstić information content (AvgIpc) is 3.59. The summed E-state index contributed by atoms with van der Waals surface area (Å²) in [7, 11) is -5.09. The van der Waals surface area contributed by atoms with Crippen molar-refractivity contribution in [2.45, 2.75) is 90.1 Å². The van der Waals surface area contributed by atoms with E-state index < -0.39 is 74.2 Å². The number of hydrogen-bond donors (Lipinski definition) is 9. The number of nitrogens with two attached hydrogens (primary N) is 1. The molecule has 294 valence electrons. The van der Waals surface area contributed by atoms with Crippen LogP contribution in [-0.2, 0) is 50.7 Å². The molecule has 2 rings (SSSR count). The van der Waals surface area contributed by atoms with E-state index >= 15 is 0 Å². The molecule has 0 aliphatic carbocycles. The standard InChI is InChI=1S/C33H51N8O11P/c1-20(2)14-25(37-28(44)17-41(22(4)43)13-9-8-12-23-10-6-5-7-11-23)31(46)38-26(15-24-16-35-19-36-24)32(47)39-27(18-42)33(48)40-29(30(34)45)21(3)52-53(49,50)51/h5-7,10-11,16,19-21,25-27,29,42H,8-9,12-15,17-18H2,1-4H3,(H2,34,45)(H,35,36)(H,37,44)(H,38,46)(H,39,47)(H,40,48)(H2,49,50,51)/t21-,25+,26+,27+,29+/m1/s1. The van der Waals surface area contributed by atoms with Crippen molar-refractivity contribution in [3.63, 3.8) is 0 Å². The van der Waals surface area contributed by atoms with Crippen molar-refractivity contribution in [2.75, 3.05) is 19.7 Å². The number of H-pyrrole nitrogens is 1. The van der Waals surface area contributed by atoms with Gasteiger partial charge in [-0.05, 0) is 44.1 Å². The summed E-state index contributed by atoms with van der Waals surface area (Å²) in [6.07, 6.45) is 3.43. The van der Waals surface area contributed by atoms with Crippen LogP contribution in [0, 0.1) is 5.92 Å². The van der Waals surface area contributed by atoms with Crippen molar-refractivity contribution >= 4 is 43.3 Å². The van der Waals surface area contributed by atoms with Gasteiger partial charge in [0.1, 0.15) is 24.2 Å². The highest BCUT2D eigenvalue weighted by molar-refractivity contribution is 7.46. The number of unbranched alkanes of at least 4 members (excludes halogenated alkanes) is 1. The molecule has 0 unspecified atom stereocenters. The van der Waals surface area contributed by atoms with Crippen molar-refractivity contribution in [1.29, 1.82) is 0 Å². The molecule has 0 saturated carbocycles. The van der Waals surface area contributed by atoms with Crippen LogP contribution in [0.3, 0.4) is 0 Å². The topological polar surface area (TPSA) is 295 Å². The zero-order valence-electron chi connectivity index (χ0n) is 30.2. The fraction of sp³-hybridized carbons (Fsp3) is 0.545. The number of rotatable bonds is 23.